The second kappa shape index (κ2) is 12.1. The summed E-state index contributed by atoms with van der Waals surface area (Å²) in [6.07, 6.45) is 2.37. The summed E-state index contributed by atoms with van der Waals surface area (Å²) >= 11 is 1.36. The maximum absolute atomic E-state index is 11.3. The molecular formula is C30H37NOS. The molecule has 3 aromatic rings. The molecule has 0 fully saturated rings. The molecule has 0 heterocycles. The van der Waals surface area contributed by atoms with Gasteiger partial charge in [-0.3, -0.25) is 4.79 Å². The van der Waals surface area contributed by atoms with Gasteiger partial charge in [-0.25, -0.2) is 0 Å². The Bertz CT molecular complexity index is 1040. The van der Waals surface area contributed by atoms with E-state index in [9.17, 15) is 4.79 Å². The van der Waals surface area contributed by atoms with Crippen LogP contribution in [0.15, 0.2) is 72.8 Å². The van der Waals surface area contributed by atoms with Crippen molar-refractivity contribution in [2.24, 2.45) is 0 Å². The Kier molecular flexibility index (Phi) is 9.20. The monoisotopic (exact) mass is 459 g/mol. The first-order valence-corrected chi connectivity index (χ1v) is 13.1. The number of carbonyl (C=O) groups is 1. The van der Waals surface area contributed by atoms with Crippen LogP contribution >= 0.6 is 11.8 Å². The van der Waals surface area contributed by atoms with Crippen molar-refractivity contribution >= 4 is 22.6 Å². The van der Waals surface area contributed by atoms with E-state index in [0.29, 0.717) is 12.0 Å². The summed E-state index contributed by atoms with van der Waals surface area (Å²) in [5.74, 6) is 1.37. The van der Waals surface area contributed by atoms with Crippen molar-refractivity contribution in [1.82, 2.24) is 0 Å². The van der Waals surface area contributed by atoms with Crippen LogP contribution in [-0.4, -0.2) is 11.2 Å². The van der Waals surface area contributed by atoms with Crippen molar-refractivity contribution in [3.8, 4) is 11.1 Å². The maximum Gasteiger partial charge on any atom is 0.186 e. The summed E-state index contributed by atoms with van der Waals surface area (Å²) in [5.41, 5.74) is 7.61. The Hall–Kier alpha value is -2.52. The summed E-state index contributed by atoms with van der Waals surface area (Å²) in [5, 5.41) is 0.157. The van der Waals surface area contributed by atoms with Crippen LogP contribution in [-0.2, 0) is 17.1 Å². The van der Waals surface area contributed by atoms with Crippen LogP contribution < -0.4 is 4.90 Å². The van der Waals surface area contributed by atoms with Gasteiger partial charge in [0.1, 0.15) is 0 Å². The van der Waals surface area contributed by atoms with Crippen molar-refractivity contribution < 1.29 is 4.79 Å². The number of thioether (sulfide) groups is 1. The molecule has 0 unspecified atom stereocenters. The van der Waals surface area contributed by atoms with E-state index in [1.54, 1.807) is 6.92 Å². The van der Waals surface area contributed by atoms with Gasteiger partial charge in [0, 0.05) is 31.0 Å². The van der Waals surface area contributed by atoms with Gasteiger partial charge in [0.25, 0.3) is 0 Å². The molecule has 0 radical (unpaired) electrons. The second-order valence-electron chi connectivity index (χ2n) is 9.01. The van der Waals surface area contributed by atoms with Gasteiger partial charge in [0.2, 0.25) is 0 Å². The lowest BCUT2D eigenvalue weighted by Crippen LogP contribution is -2.30. The largest absolute Gasteiger partial charge is 0.365 e. The fourth-order valence-corrected chi connectivity index (χ4v) is 4.89. The molecule has 0 aliphatic rings. The molecule has 0 N–H and O–H groups in total. The van der Waals surface area contributed by atoms with E-state index in [1.165, 1.54) is 58.1 Å². The predicted molar refractivity (Wildman–Crippen MR) is 145 cm³/mol. The molecule has 3 aromatic carbocycles. The molecule has 3 heteroatoms. The topological polar surface area (TPSA) is 20.3 Å². The average molecular weight is 460 g/mol. The van der Waals surface area contributed by atoms with Crippen molar-refractivity contribution in [2.75, 3.05) is 4.90 Å². The Morgan fingerprint density at radius 3 is 1.97 bits per heavy atom. The first-order valence-electron chi connectivity index (χ1n) is 12.1. The van der Waals surface area contributed by atoms with Crippen LogP contribution in [0.25, 0.3) is 11.1 Å². The molecule has 174 valence electrons. The summed E-state index contributed by atoms with van der Waals surface area (Å²) in [7, 11) is 0. The molecule has 0 aliphatic carbocycles. The Morgan fingerprint density at radius 1 is 0.848 bits per heavy atom. The molecule has 0 aliphatic heterocycles. The van der Waals surface area contributed by atoms with Crippen molar-refractivity contribution in [3.05, 3.63) is 89.5 Å². The summed E-state index contributed by atoms with van der Waals surface area (Å²) < 4.78 is 0. The van der Waals surface area contributed by atoms with Gasteiger partial charge in [-0.1, -0.05) is 80.2 Å². The number of benzene rings is 3. The SMILES string of the molecule is CCC(CC)c1ccc(N(Cc2cccc(-c3cccc(CSC(C)=O)c3)c2)C(C)C)cc1. The van der Waals surface area contributed by atoms with Crippen LogP contribution in [0.3, 0.4) is 0 Å². The summed E-state index contributed by atoms with van der Waals surface area (Å²) in [4.78, 5) is 13.8. The fraction of sp³-hybridized carbons (Fsp3) is 0.367. The zero-order chi connectivity index (χ0) is 23.8. The number of rotatable bonds is 10. The molecule has 2 nitrogen and oxygen atoms in total. The molecule has 0 amide bonds. The lowest BCUT2D eigenvalue weighted by Gasteiger charge is -2.30. The second-order valence-corrected chi connectivity index (χ2v) is 10.2. The van der Waals surface area contributed by atoms with E-state index in [-0.39, 0.29) is 5.12 Å². The lowest BCUT2D eigenvalue weighted by atomic mass is 9.94. The third-order valence-corrected chi connectivity index (χ3v) is 7.17. The van der Waals surface area contributed by atoms with Gasteiger partial charge >= 0.3 is 0 Å². The molecule has 3 rings (SSSR count). The minimum atomic E-state index is 0.157. The smallest absolute Gasteiger partial charge is 0.186 e. The van der Waals surface area contributed by atoms with E-state index in [2.05, 4.69) is 105 Å². The standard InChI is InChI=1S/C30H37NOS/c1-6-26(7-2)27-14-16-30(17-15-27)31(22(3)4)20-24-10-8-12-28(18-24)29-13-9-11-25(19-29)21-33-23(5)32/h8-19,22,26H,6-7,20-21H2,1-5H3. The number of anilines is 1. The molecule has 0 saturated carbocycles. The highest BCUT2D eigenvalue weighted by Gasteiger charge is 2.14. The van der Waals surface area contributed by atoms with E-state index in [1.807, 2.05) is 0 Å². The number of hydrogen-bond acceptors (Lipinski definition) is 3. The van der Waals surface area contributed by atoms with Crippen molar-refractivity contribution in [3.63, 3.8) is 0 Å². The highest BCUT2D eigenvalue weighted by molar-refractivity contribution is 8.12. The first-order chi connectivity index (χ1) is 15.9. The van der Waals surface area contributed by atoms with Gasteiger partial charge in [-0.2, -0.15) is 0 Å². The van der Waals surface area contributed by atoms with E-state index >= 15 is 0 Å². The third kappa shape index (κ3) is 6.98. The van der Waals surface area contributed by atoms with Gasteiger partial charge in [-0.15, -0.1) is 0 Å². The highest BCUT2D eigenvalue weighted by Crippen LogP contribution is 2.28. The Morgan fingerprint density at radius 2 is 1.42 bits per heavy atom. The molecule has 0 spiro atoms. The number of hydrogen-bond donors (Lipinski definition) is 0. The molecular weight excluding hydrogens is 422 g/mol. The number of carbonyl (C=O) groups excluding carboxylic acids is 1. The van der Waals surface area contributed by atoms with Gasteiger partial charge in [-0.05, 0) is 78.6 Å². The van der Waals surface area contributed by atoms with Crippen LogP contribution in [0.4, 0.5) is 5.69 Å². The minimum Gasteiger partial charge on any atom is -0.365 e. The number of nitrogens with zero attached hydrogens (tertiary/aromatic N) is 1. The highest BCUT2D eigenvalue weighted by atomic mass is 32.2. The van der Waals surface area contributed by atoms with E-state index in [0.717, 1.165) is 12.3 Å². The molecule has 0 aromatic heterocycles. The zero-order valence-corrected chi connectivity index (χ0v) is 21.5. The Labute approximate surface area is 204 Å². The van der Waals surface area contributed by atoms with Crippen LogP contribution in [0.5, 0.6) is 0 Å². The van der Waals surface area contributed by atoms with Crippen molar-refractivity contribution in [1.29, 1.82) is 0 Å². The predicted octanol–water partition coefficient (Wildman–Crippen LogP) is 8.45. The first kappa shape index (κ1) is 25.1. The summed E-state index contributed by atoms with van der Waals surface area (Å²) in [6, 6.07) is 27.0. The fourth-order valence-electron chi connectivity index (χ4n) is 4.34. The minimum absolute atomic E-state index is 0.157. The van der Waals surface area contributed by atoms with E-state index < -0.39 is 0 Å². The molecule has 0 atom stereocenters. The van der Waals surface area contributed by atoms with Crippen LogP contribution in [0, 0.1) is 0 Å². The molecule has 0 saturated heterocycles. The lowest BCUT2D eigenvalue weighted by molar-refractivity contribution is -0.109. The van der Waals surface area contributed by atoms with Gasteiger partial charge < -0.3 is 4.90 Å². The van der Waals surface area contributed by atoms with Crippen molar-refractivity contribution in [2.45, 2.75) is 71.7 Å². The average Bonchev–Trinajstić information content (AvgIpc) is 2.83. The quantitative estimate of drug-likeness (QED) is 0.303. The van der Waals surface area contributed by atoms with Gasteiger partial charge in [0.15, 0.2) is 5.12 Å². The Balaban J connectivity index is 1.80. The van der Waals surface area contributed by atoms with E-state index in [4.69, 9.17) is 0 Å². The maximum atomic E-state index is 11.3. The zero-order valence-electron chi connectivity index (χ0n) is 20.7. The third-order valence-electron chi connectivity index (χ3n) is 6.29. The summed E-state index contributed by atoms with van der Waals surface area (Å²) in [6.45, 7) is 11.6. The molecule has 33 heavy (non-hydrogen) atoms. The van der Waals surface area contributed by atoms with Crippen LogP contribution in [0.1, 0.15) is 70.1 Å². The molecule has 0 bridgehead atoms. The van der Waals surface area contributed by atoms with Gasteiger partial charge in [0.05, 0.1) is 0 Å². The normalized spacial score (nSPS) is 11.2. The van der Waals surface area contributed by atoms with Crippen LogP contribution in [0.2, 0.25) is 0 Å².